The maximum Gasteiger partial charge on any atom is 0.409 e. The van der Waals surface area contributed by atoms with E-state index in [1.165, 1.54) is 19.3 Å². The van der Waals surface area contributed by atoms with Crippen LogP contribution in [-0.2, 0) is 4.74 Å². The van der Waals surface area contributed by atoms with E-state index in [0.29, 0.717) is 38.5 Å². The summed E-state index contributed by atoms with van der Waals surface area (Å²) in [5.41, 5.74) is 0.352. The van der Waals surface area contributed by atoms with Crippen LogP contribution in [0.25, 0.3) is 0 Å². The number of hydrogen-bond acceptors (Lipinski definition) is 6. The van der Waals surface area contributed by atoms with Crippen LogP contribution in [0, 0.1) is 0 Å². The molecule has 2 aliphatic heterocycles. The summed E-state index contributed by atoms with van der Waals surface area (Å²) in [5.74, 6) is 0.699. The zero-order valence-corrected chi connectivity index (χ0v) is 14.7. The van der Waals surface area contributed by atoms with Gasteiger partial charge in [-0.15, -0.1) is 0 Å². The lowest BCUT2D eigenvalue weighted by Crippen LogP contribution is -2.50. The summed E-state index contributed by atoms with van der Waals surface area (Å²) in [6.07, 6.45) is 6.54. The minimum absolute atomic E-state index is 0.138. The first-order valence-electron chi connectivity index (χ1n) is 8.97. The molecule has 1 aromatic heterocycles. The van der Waals surface area contributed by atoms with E-state index < -0.39 is 0 Å². The minimum Gasteiger partial charge on any atom is -0.450 e. The molecule has 8 nitrogen and oxygen atoms in total. The fourth-order valence-electron chi connectivity index (χ4n) is 3.19. The lowest BCUT2D eigenvalue weighted by atomic mass is 10.1. The molecule has 2 amide bonds. The molecule has 2 saturated heterocycles. The minimum atomic E-state index is -0.319. The Morgan fingerprint density at radius 1 is 0.960 bits per heavy atom. The molecule has 2 aliphatic rings. The van der Waals surface area contributed by atoms with Gasteiger partial charge in [-0.2, -0.15) is 0 Å². The largest absolute Gasteiger partial charge is 0.450 e. The Kier molecular flexibility index (Phi) is 5.67. The zero-order chi connectivity index (χ0) is 17.6. The van der Waals surface area contributed by atoms with Crippen molar-refractivity contribution < 1.29 is 14.3 Å². The number of amides is 2. The average molecular weight is 347 g/mol. The van der Waals surface area contributed by atoms with Crippen molar-refractivity contribution in [3.63, 3.8) is 0 Å². The second kappa shape index (κ2) is 8.13. The Hall–Kier alpha value is -2.38. The number of piperazine rings is 1. The maximum atomic E-state index is 12.6. The number of piperidine rings is 1. The highest BCUT2D eigenvalue weighted by Gasteiger charge is 2.26. The molecular weight excluding hydrogens is 322 g/mol. The fraction of sp³-hybridized carbons (Fsp3) is 0.647. The van der Waals surface area contributed by atoms with Gasteiger partial charge in [0.25, 0.3) is 5.91 Å². The van der Waals surface area contributed by atoms with E-state index in [0.717, 1.165) is 18.9 Å². The van der Waals surface area contributed by atoms with Crippen LogP contribution in [0.2, 0.25) is 0 Å². The molecule has 2 fully saturated rings. The Bertz CT molecular complexity index is 593. The van der Waals surface area contributed by atoms with Gasteiger partial charge in [-0.1, -0.05) is 0 Å². The number of anilines is 1. The highest BCUT2D eigenvalue weighted by atomic mass is 16.6. The zero-order valence-electron chi connectivity index (χ0n) is 14.7. The molecular formula is C17H25N5O3. The van der Waals surface area contributed by atoms with Crippen LogP contribution in [0.15, 0.2) is 12.4 Å². The second-order valence-electron chi connectivity index (χ2n) is 6.29. The predicted octanol–water partition coefficient (Wildman–Crippen LogP) is 1.38. The number of nitrogens with zero attached hydrogens (tertiary/aromatic N) is 5. The van der Waals surface area contributed by atoms with E-state index in [1.807, 2.05) is 0 Å². The first kappa shape index (κ1) is 17.4. The first-order chi connectivity index (χ1) is 12.2. The van der Waals surface area contributed by atoms with Crippen molar-refractivity contribution in [2.24, 2.45) is 0 Å². The van der Waals surface area contributed by atoms with Gasteiger partial charge in [-0.3, -0.25) is 4.79 Å². The topological polar surface area (TPSA) is 78.9 Å². The number of ether oxygens (including phenoxy) is 1. The fourth-order valence-corrected chi connectivity index (χ4v) is 3.19. The van der Waals surface area contributed by atoms with E-state index in [4.69, 9.17) is 4.74 Å². The van der Waals surface area contributed by atoms with Gasteiger partial charge in [-0.05, 0) is 26.2 Å². The lowest BCUT2D eigenvalue weighted by molar-refractivity contribution is 0.0565. The quantitative estimate of drug-likeness (QED) is 0.822. The summed E-state index contributed by atoms with van der Waals surface area (Å²) in [7, 11) is 0. The van der Waals surface area contributed by atoms with Gasteiger partial charge in [0.2, 0.25) is 0 Å². The molecule has 1 aromatic rings. The molecule has 0 unspecified atom stereocenters. The summed E-state index contributed by atoms with van der Waals surface area (Å²) in [4.78, 5) is 38.5. The smallest absolute Gasteiger partial charge is 0.409 e. The molecule has 0 radical (unpaired) electrons. The van der Waals surface area contributed by atoms with E-state index in [9.17, 15) is 9.59 Å². The lowest BCUT2D eigenvalue weighted by Gasteiger charge is -2.33. The third-order valence-electron chi connectivity index (χ3n) is 4.63. The summed E-state index contributed by atoms with van der Waals surface area (Å²) >= 11 is 0. The Morgan fingerprint density at radius 2 is 1.64 bits per heavy atom. The van der Waals surface area contributed by atoms with Gasteiger partial charge < -0.3 is 19.4 Å². The number of carbonyl (C=O) groups excluding carboxylic acids is 2. The Labute approximate surface area is 147 Å². The molecule has 25 heavy (non-hydrogen) atoms. The molecule has 136 valence electrons. The van der Waals surface area contributed by atoms with Gasteiger partial charge in [0.05, 0.1) is 19.0 Å². The van der Waals surface area contributed by atoms with E-state index in [1.54, 1.807) is 29.1 Å². The summed E-state index contributed by atoms with van der Waals surface area (Å²) in [6.45, 7) is 6.05. The molecule has 0 spiro atoms. The van der Waals surface area contributed by atoms with Crippen LogP contribution >= 0.6 is 0 Å². The molecule has 0 atom stereocenters. The van der Waals surface area contributed by atoms with Gasteiger partial charge in [0, 0.05) is 39.3 Å². The predicted molar refractivity (Wildman–Crippen MR) is 92.6 cm³/mol. The highest BCUT2D eigenvalue weighted by Crippen LogP contribution is 2.17. The molecule has 0 bridgehead atoms. The molecule has 0 saturated carbocycles. The van der Waals surface area contributed by atoms with Crippen molar-refractivity contribution in [1.29, 1.82) is 0 Å². The van der Waals surface area contributed by atoms with Crippen LogP contribution in [0.4, 0.5) is 10.6 Å². The third kappa shape index (κ3) is 4.18. The SMILES string of the molecule is CCOC(=O)N1CCN(C(=O)c2cnc(N3CCCCC3)cn2)CC1. The van der Waals surface area contributed by atoms with Crippen molar-refractivity contribution in [3.05, 3.63) is 18.1 Å². The number of rotatable bonds is 3. The first-order valence-corrected chi connectivity index (χ1v) is 8.97. The van der Waals surface area contributed by atoms with Gasteiger partial charge in [0.15, 0.2) is 0 Å². The van der Waals surface area contributed by atoms with E-state index in [2.05, 4.69) is 14.9 Å². The molecule has 8 heteroatoms. The van der Waals surface area contributed by atoms with Crippen LogP contribution in [0.1, 0.15) is 36.7 Å². The summed E-state index contributed by atoms with van der Waals surface area (Å²) in [5, 5.41) is 0. The monoisotopic (exact) mass is 347 g/mol. The molecule has 0 N–H and O–H groups in total. The summed E-state index contributed by atoms with van der Waals surface area (Å²) in [6, 6.07) is 0. The van der Waals surface area contributed by atoms with Crippen LogP contribution < -0.4 is 4.90 Å². The highest BCUT2D eigenvalue weighted by molar-refractivity contribution is 5.92. The van der Waals surface area contributed by atoms with Gasteiger partial charge >= 0.3 is 6.09 Å². The maximum absolute atomic E-state index is 12.6. The molecule has 3 heterocycles. The van der Waals surface area contributed by atoms with Crippen molar-refractivity contribution in [2.75, 3.05) is 50.8 Å². The van der Waals surface area contributed by atoms with Crippen molar-refractivity contribution >= 4 is 17.8 Å². The molecule has 3 rings (SSSR count). The Balaban J connectivity index is 1.55. The number of hydrogen-bond donors (Lipinski definition) is 0. The van der Waals surface area contributed by atoms with E-state index in [-0.39, 0.29) is 12.0 Å². The standard InChI is InChI=1S/C17H25N5O3/c1-2-25-17(24)22-10-8-21(9-11-22)16(23)14-12-19-15(13-18-14)20-6-4-3-5-7-20/h12-13H,2-11H2,1H3. The summed E-state index contributed by atoms with van der Waals surface area (Å²) < 4.78 is 4.99. The number of aromatic nitrogens is 2. The molecule has 0 aliphatic carbocycles. The van der Waals surface area contributed by atoms with Crippen LogP contribution in [-0.4, -0.2) is 77.6 Å². The molecule has 0 aromatic carbocycles. The van der Waals surface area contributed by atoms with Gasteiger partial charge in [-0.25, -0.2) is 14.8 Å². The van der Waals surface area contributed by atoms with Crippen LogP contribution in [0.5, 0.6) is 0 Å². The van der Waals surface area contributed by atoms with Gasteiger partial charge in [0.1, 0.15) is 11.5 Å². The number of carbonyl (C=O) groups is 2. The third-order valence-corrected chi connectivity index (χ3v) is 4.63. The normalized spacial score (nSPS) is 18.2. The van der Waals surface area contributed by atoms with Crippen molar-refractivity contribution in [2.45, 2.75) is 26.2 Å². The second-order valence-corrected chi connectivity index (χ2v) is 6.29. The van der Waals surface area contributed by atoms with Crippen molar-refractivity contribution in [1.82, 2.24) is 19.8 Å². The Morgan fingerprint density at radius 3 is 2.24 bits per heavy atom. The van der Waals surface area contributed by atoms with Crippen LogP contribution in [0.3, 0.4) is 0 Å². The van der Waals surface area contributed by atoms with E-state index >= 15 is 0 Å². The average Bonchev–Trinajstić information content (AvgIpc) is 2.68. The van der Waals surface area contributed by atoms with Crippen molar-refractivity contribution in [3.8, 4) is 0 Å².